The third-order valence-electron chi connectivity index (χ3n) is 4.25. The van der Waals surface area contributed by atoms with Crippen LogP contribution in [0.4, 0.5) is 0 Å². The maximum absolute atomic E-state index is 12.4. The maximum atomic E-state index is 12.4. The minimum atomic E-state index is -3.40. The molecule has 2 heterocycles. The van der Waals surface area contributed by atoms with Gasteiger partial charge in [0.1, 0.15) is 12.7 Å². The van der Waals surface area contributed by atoms with Crippen molar-refractivity contribution >= 4 is 10.2 Å². The molecule has 24 heavy (non-hydrogen) atoms. The first-order valence-electron chi connectivity index (χ1n) is 8.18. The highest BCUT2D eigenvalue weighted by molar-refractivity contribution is 7.87. The summed E-state index contributed by atoms with van der Waals surface area (Å²) in [5.41, 5.74) is 2.03. The van der Waals surface area contributed by atoms with Gasteiger partial charge in [-0.15, -0.1) is 0 Å². The van der Waals surface area contributed by atoms with Crippen LogP contribution in [-0.4, -0.2) is 40.6 Å². The lowest BCUT2D eigenvalue weighted by atomic mass is 10.0. The first kappa shape index (κ1) is 17.1. The summed E-state index contributed by atoms with van der Waals surface area (Å²) < 4.78 is 30.8. The Balaban J connectivity index is 1.56. The number of nitrogens with zero attached hydrogens (tertiary/aromatic N) is 4. The molecule has 1 aromatic heterocycles. The van der Waals surface area contributed by atoms with Crippen LogP contribution in [-0.2, 0) is 23.3 Å². The van der Waals surface area contributed by atoms with Crippen LogP contribution in [0.25, 0.3) is 0 Å². The van der Waals surface area contributed by atoms with Gasteiger partial charge in [0.25, 0.3) is 10.2 Å². The molecule has 1 aliphatic heterocycles. The molecule has 1 saturated heterocycles. The minimum Gasteiger partial charge on any atom is -0.249 e. The Morgan fingerprint density at radius 1 is 1.25 bits per heavy atom. The lowest BCUT2D eigenvalue weighted by Gasteiger charge is -2.30. The quantitative estimate of drug-likeness (QED) is 0.855. The molecule has 1 aliphatic rings. The smallest absolute Gasteiger partial charge is 0.249 e. The van der Waals surface area contributed by atoms with E-state index >= 15 is 0 Å². The van der Waals surface area contributed by atoms with Crippen LogP contribution in [0.3, 0.4) is 0 Å². The van der Waals surface area contributed by atoms with E-state index < -0.39 is 10.2 Å². The van der Waals surface area contributed by atoms with Crippen LogP contribution in [0, 0.1) is 5.92 Å². The second kappa shape index (κ2) is 7.42. The minimum absolute atomic E-state index is 0.302. The van der Waals surface area contributed by atoms with Crippen LogP contribution < -0.4 is 4.72 Å². The number of hydrogen-bond donors (Lipinski definition) is 1. The molecule has 0 spiro atoms. The average molecular weight is 349 g/mol. The zero-order valence-corrected chi connectivity index (χ0v) is 14.6. The number of benzene rings is 1. The van der Waals surface area contributed by atoms with Crippen molar-refractivity contribution in [3.8, 4) is 0 Å². The molecule has 0 amide bonds. The van der Waals surface area contributed by atoms with Crippen molar-refractivity contribution in [1.82, 2.24) is 23.8 Å². The zero-order valence-electron chi connectivity index (χ0n) is 13.8. The Hall–Kier alpha value is -1.77. The maximum Gasteiger partial charge on any atom is 0.279 e. The molecule has 130 valence electrons. The van der Waals surface area contributed by atoms with E-state index in [1.807, 2.05) is 24.3 Å². The Kier molecular flexibility index (Phi) is 5.27. The molecule has 0 aliphatic carbocycles. The molecule has 8 heteroatoms. The van der Waals surface area contributed by atoms with E-state index in [0.29, 0.717) is 32.1 Å². The highest BCUT2D eigenvalue weighted by Crippen LogP contribution is 2.18. The van der Waals surface area contributed by atoms with E-state index in [1.54, 1.807) is 15.3 Å². The van der Waals surface area contributed by atoms with Crippen molar-refractivity contribution in [2.75, 3.05) is 13.1 Å². The van der Waals surface area contributed by atoms with Crippen molar-refractivity contribution in [2.24, 2.45) is 5.92 Å². The molecular weight excluding hydrogens is 326 g/mol. The average Bonchev–Trinajstić information content (AvgIpc) is 3.07. The van der Waals surface area contributed by atoms with Gasteiger partial charge in [-0.05, 0) is 29.9 Å². The van der Waals surface area contributed by atoms with Crippen LogP contribution in [0.2, 0.25) is 0 Å². The fraction of sp³-hybridized carbons (Fsp3) is 0.500. The molecule has 3 rings (SSSR count). The summed E-state index contributed by atoms with van der Waals surface area (Å²) in [5.74, 6) is 0.423. The molecule has 0 saturated carbocycles. The molecule has 1 aromatic carbocycles. The topological polar surface area (TPSA) is 80.1 Å². The lowest BCUT2D eigenvalue weighted by molar-refractivity contribution is 0.278. The summed E-state index contributed by atoms with van der Waals surface area (Å²) in [6, 6.07) is 7.84. The first-order chi connectivity index (χ1) is 11.5. The number of rotatable bonds is 6. The Bertz CT molecular complexity index is 743. The fourth-order valence-corrected chi connectivity index (χ4v) is 4.25. The summed E-state index contributed by atoms with van der Waals surface area (Å²) >= 11 is 0. The van der Waals surface area contributed by atoms with Crippen LogP contribution in [0.5, 0.6) is 0 Å². The Labute approximate surface area is 142 Å². The van der Waals surface area contributed by atoms with E-state index in [2.05, 4.69) is 21.7 Å². The molecule has 0 bridgehead atoms. The van der Waals surface area contributed by atoms with Gasteiger partial charge in [-0.3, -0.25) is 0 Å². The first-order valence-corrected chi connectivity index (χ1v) is 9.62. The number of aromatic nitrogens is 3. The van der Waals surface area contributed by atoms with Crippen molar-refractivity contribution in [3.05, 3.63) is 48.0 Å². The van der Waals surface area contributed by atoms with Gasteiger partial charge >= 0.3 is 0 Å². The summed E-state index contributed by atoms with van der Waals surface area (Å²) in [5, 5.41) is 4.07. The van der Waals surface area contributed by atoms with E-state index in [0.717, 1.165) is 24.0 Å². The predicted octanol–water partition coefficient (Wildman–Crippen LogP) is 1.39. The second-order valence-electron chi connectivity index (χ2n) is 6.34. The van der Waals surface area contributed by atoms with Gasteiger partial charge in [0.15, 0.2) is 0 Å². The van der Waals surface area contributed by atoms with Crippen molar-refractivity contribution in [1.29, 1.82) is 0 Å². The lowest BCUT2D eigenvalue weighted by Crippen LogP contribution is -2.45. The van der Waals surface area contributed by atoms with E-state index in [-0.39, 0.29) is 0 Å². The van der Waals surface area contributed by atoms with Crippen LogP contribution >= 0.6 is 0 Å². The van der Waals surface area contributed by atoms with Crippen molar-refractivity contribution in [3.63, 3.8) is 0 Å². The SMILES string of the molecule is C[C@@H]1CCCN(S(=O)(=O)NCc2ccc(Cn3cncn3)cc2)C1. The monoisotopic (exact) mass is 349 g/mol. The van der Waals surface area contributed by atoms with Gasteiger partial charge < -0.3 is 0 Å². The van der Waals surface area contributed by atoms with Gasteiger partial charge in [0.2, 0.25) is 0 Å². The molecule has 1 atom stereocenters. The molecule has 0 radical (unpaired) electrons. The molecule has 1 N–H and O–H groups in total. The number of nitrogens with one attached hydrogen (secondary N) is 1. The third-order valence-corrected chi connectivity index (χ3v) is 5.77. The largest absolute Gasteiger partial charge is 0.279 e. The third kappa shape index (κ3) is 4.40. The summed E-state index contributed by atoms with van der Waals surface area (Å²) in [6.07, 6.45) is 5.20. The number of piperidine rings is 1. The zero-order chi connectivity index (χ0) is 17.0. The van der Waals surface area contributed by atoms with Crippen molar-refractivity contribution in [2.45, 2.75) is 32.9 Å². The Morgan fingerprint density at radius 2 is 2.00 bits per heavy atom. The fourth-order valence-electron chi connectivity index (χ4n) is 2.89. The van der Waals surface area contributed by atoms with E-state index in [1.165, 1.54) is 6.33 Å². The van der Waals surface area contributed by atoms with Gasteiger partial charge in [-0.1, -0.05) is 31.2 Å². The van der Waals surface area contributed by atoms with Crippen molar-refractivity contribution < 1.29 is 8.42 Å². The molecular formula is C16H23N5O2S. The molecule has 2 aromatic rings. The predicted molar refractivity (Wildman–Crippen MR) is 91.3 cm³/mol. The Morgan fingerprint density at radius 3 is 2.67 bits per heavy atom. The highest BCUT2D eigenvalue weighted by atomic mass is 32.2. The van der Waals surface area contributed by atoms with E-state index in [4.69, 9.17) is 0 Å². The van der Waals surface area contributed by atoms with Gasteiger partial charge in [-0.25, -0.2) is 9.67 Å². The summed E-state index contributed by atoms with van der Waals surface area (Å²) in [7, 11) is -3.40. The van der Waals surface area contributed by atoms with Gasteiger partial charge in [0, 0.05) is 19.6 Å². The normalized spacial score (nSPS) is 19.5. The highest BCUT2D eigenvalue weighted by Gasteiger charge is 2.26. The summed E-state index contributed by atoms with van der Waals surface area (Å²) in [6.45, 7) is 4.26. The molecule has 7 nitrogen and oxygen atoms in total. The van der Waals surface area contributed by atoms with E-state index in [9.17, 15) is 8.42 Å². The van der Waals surface area contributed by atoms with Crippen LogP contribution in [0.1, 0.15) is 30.9 Å². The van der Waals surface area contributed by atoms with Gasteiger partial charge in [-0.2, -0.15) is 22.5 Å². The second-order valence-corrected chi connectivity index (χ2v) is 8.10. The summed E-state index contributed by atoms with van der Waals surface area (Å²) in [4.78, 5) is 3.91. The standard InChI is InChI=1S/C16H23N5O2S/c1-14-3-2-8-21(10-14)24(22,23)19-9-15-4-6-16(7-5-15)11-20-13-17-12-18-20/h4-7,12-14,19H,2-3,8-11H2,1H3/t14-/m1/s1. The molecule has 1 fully saturated rings. The van der Waals surface area contributed by atoms with Gasteiger partial charge in [0.05, 0.1) is 6.54 Å². The number of hydrogen-bond acceptors (Lipinski definition) is 4. The molecule has 0 unspecified atom stereocenters. The van der Waals surface area contributed by atoms with Crippen LogP contribution in [0.15, 0.2) is 36.9 Å².